The van der Waals surface area contributed by atoms with E-state index in [2.05, 4.69) is 15.3 Å². The molecule has 0 aliphatic carbocycles. The molecule has 1 heterocycles. The van der Waals surface area contributed by atoms with E-state index in [-0.39, 0.29) is 11.5 Å². The van der Waals surface area contributed by atoms with Gasteiger partial charge in [-0.15, -0.1) is 0 Å². The van der Waals surface area contributed by atoms with Gasteiger partial charge in [0.1, 0.15) is 5.75 Å². The van der Waals surface area contributed by atoms with E-state index >= 15 is 0 Å². The van der Waals surface area contributed by atoms with Crippen LogP contribution in [0.15, 0.2) is 42.7 Å². The Morgan fingerprint density at radius 1 is 1.11 bits per heavy atom. The summed E-state index contributed by atoms with van der Waals surface area (Å²) in [5.41, 5.74) is -0.354. The molecule has 0 bridgehead atoms. The number of nitrogens with zero attached hydrogens (tertiary/aromatic N) is 2. The zero-order valence-corrected chi connectivity index (χ0v) is 9.61. The third kappa shape index (κ3) is 3.25. The standard InChI is InChI=1S/C12H9N3O4/c16-11(17)9-10(14-7-6-13-9)15-12(18)19-8-4-2-1-3-5-8/h1-7H,(H,16,17)(H,14,15,18). The summed E-state index contributed by atoms with van der Waals surface area (Å²) in [4.78, 5) is 29.8. The van der Waals surface area contributed by atoms with Crippen molar-refractivity contribution in [2.24, 2.45) is 0 Å². The molecule has 2 rings (SSSR count). The van der Waals surface area contributed by atoms with Crippen LogP contribution in [0, 0.1) is 0 Å². The van der Waals surface area contributed by atoms with Crippen molar-refractivity contribution in [3.8, 4) is 5.75 Å². The summed E-state index contributed by atoms with van der Waals surface area (Å²) in [7, 11) is 0. The Kier molecular flexibility index (Phi) is 3.67. The summed E-state index contributed by atoms with van der Waals surface area (Å²) in [6, 6.07) is 8.36. The molecule has 0 aliphatic rings. The van der Waals surface area contributed by atoms with Gasteiger partial charge >= 0.3 is 12.1 Å². The first-order chi connectivity index (χ1) is 9.16. The summed E-state index contributed by atoms with van der Waals surface area (Å²) < 4.78 is 4.94. The molecule has 96 valence electrons. The van der Waals surface area contributed by atoms with Gasteiger partial charge in [-0.1, -0.05) is 18.2 Å². The van der Waals surface area contributed by atoms with Crippen molar-refractivity contribution in [3.63, 3.8) is 0 Å². The zero-order valence-electron chi connectivity index (χ0n) is 9.61. The average Bonchev–Trinajstić information content (AvgIpc) is 2.40. The highest BCUT2D eigenvalue weighted by Crippen LogP contribution is 2.12. The number of hydrogen-bond donors (Lipinski definition) is 2. The molecule has 0 saturated heterocycles. The number of carboxylic acid groups (broad SMARTS) is 1. The molecular weight excluding hydrogens is 250 g/mol. The minimum Gasteiger partial charge on any atom is -0.476 e. The van der Waals surface area contributed by atoms with E-state index < -0.39 is 12.1 Å². The maximum Gasteiger partial charge on any atom is 0.418 e. The normalized spacial score (nSPS) is 9.68. The molecule has 1 aromatic carbocycles. The van der Waals surface area contributed by atoms with Crippen molar-refractivity contribution in [2.75, 3.05) is 5.32 Å². The van der Waals surface area contributed by atoms with E-state index in [0.29, 0.717) is 5.75 Å². The Morgan fingerprint density at radius 2 is 1.79 bits per heavy atom. The summed E-state index contributed by atoms with van der Waals surface area (Å²) in [5, 5.41) is 11.1. The number of ether oxygens (including phenoxy) is 1. The highest BCUT2D eigenvalue weighted by Gasteiger charge is 2.15. The fourth-order valence-corrected chi connectivity index (χ4v) is 1.30. The lowest BCUT2D eigenvalue weighted by Gasteiger charge is -2.06. The van der Waals surface area contributed by atoms with Gasteiger partial charge in [0.05, 0.1) is 0 Å². The minimum atomic E-state index is -1.29. The first kappa shape index (κ1) is 12.5. The van der Waals surface area contributed by atoms with Crippen LogP contribution in [0.3, 0.4) is 0 Å². The molecule has 0 aliphatic heterocycles. The van der Waals surface area contributed by atoms with Crippen LogP contribution >= 0.6 is 0 Å². The van der Waals surface area contributed by atoms with E-state index in [1.165, 1.54) is 12.4 Å². The third-order valence-corrected chi connectivity index (χ3v) is 2.08. The van der Waals surface area contributed by atoms with Gasteiger partial charge in [-0.05, 0) is 12.1 Å². The van der Waals surface area contributed by atoms with Crippen LogP contribution in [0.4, 0.5) is 10.6 Å². The number of carbonyl (C=O) groups excluding carboxylic acids is 1. The molecule has 0 atom stereocenters. The molecule has 0 radical (unpaired) electrons. The molecule has 19 heavy (non-hydrogen) atoms. The molecule has 1 aromatic heterocycles. The van der Waals surface area contributed by atoms with E-state index in [1.54, 1.807) is 30.3 Å². The first-order valence-electron chi connectivity index (χ1n) is 5.25. The Bertz CT molecular complexity index is 601. The van der Waals surface area contributed by atoms with Crippen molar-refractivity contribution < 1.29 is 19.4 Å². The lowest BCUT2D eigenvalue weighted by Crippen LogP contribution is -2.20. The van der Waals surface area contributed by atoms with Crippen molar-refractivity contribution in [1.82, 2.24) is 9.97 Å². The molecule has 7 heteroatoms. The number of rotatable bonds is 3. The van der Waals surface area contributed by atoms with Crippen LogP contribution in [0.2, 0.25) is 0 Å². The molecule has 1 amide bonds. The molecule has 0 spiro atoms. The van der Waals surface area contributed by atoms with Crippen molar-refractivity contribution in [2.45, 2.75) is 0 Å². The SMILES string of the molecule is O=C(Nc1nccnc1C(=O)O)Oc1ccccc1. The van der Waals surface area contributed by atoms with Crippen molar-refractivity contribution in [1.29, 1.82) is 0 Å². The predicted molar refractivity (Wildman–Crippen MR) is 65.1 cm³/mol. The molecule has 2 N–H and O–H groups in total. The monoisotopic (exact) mass is 259 g/mol. The quantitative estimate of drug-likeness (QED) is 0.871. The topological polar surface area (TPSA) is 101 Å². The van der Waals surface area contributed by atoms with Crippen LogP contribution in [-0.4, -0.2) is 27.1 Å². The van der Waals surface area contributed by atoms with Crippen LogP contribution in [0.1, 0.15) is 10.5 Å². The average molecular weight is 259 g/mol. The summed E-state index contributed by atoms with van der Waals surface area (Å²) in [6.45, 7) is 0. The second-order valence-corrected chi connectivity index (χ2v) is 3.39. The summed E-state index contributed by atoms with van der Waals surface area (Å²) in [6.07, 6.45) is 1.65. The maximum absolute atomic E-state index is 11.6. The molecule has 7 nitrogen and oxygen atoms in total. The lowest BCUT2D eigenvalue weighted by atomic mass is 10.3. The Labute approximate surface area is 107 Å². The van der Waals surface area contributed by atoms with Gasteiger partial charge < -0.3 is 9.84 Å². The largest absolute Gasteiger partial charge is 0.476 e. The van der Waals surface area contributed by atoms with Crippen LogP contribution in [0.25, 0.3) is 0 Å². The number of carboxylic acids is 1. The number of anilines is 1. The van der Waals surface area contributed by atoms with Crippen molar-refractivity contribution in [3.05, 3.63) is 48.4 Å². The highest BCUT2D eigenvalue weighted by atomic mass is 16.6. The highest BCUT2D eigenvalue weighted by molar-refractivity contribution is 5.95. The van der Waals surface area contributed by atoms with E-state index in [4.69, 9.17) is 9.84 Å². The fourth-order valence-electron chi connectivity index (χ4n) is 1.30. The smallest absolute Gasteiger partial charge is 0.418 e. The fraction of sp³-hybridized carbons (Fsp3) is 0. The number of hydrogen-bond acceptors (Lipinski definition) is 5. The number of aromatic carboxylic acids is 1. The van der Waals surface area contributed by atoms with E-state index in [0.717, 1.165) is 0 Å². The number of aromatic nitrogens is 2. The van der Waals surface area contributed by atoms with E-state index in [1.807, 2.05) is 0 Å². The molecular formula is C12H9N3O4. The summed E-state index contributed by atoms with van der Waals surface area (Å²) >= 11 is 0. The molecule has 2 aromatic rings. The molecule has 0 unspecified atom stereocenters. The van der Waals surface area contributed by atoms with Crippen molar-refractivity contribution >= 4 is 17.9 Å². The second kappa shape index (κ2) is 5.58. The lowest BCUT2D eigenvalue weighted by molar-refractivity contribution is 0.0691. The van der Waals surface area contributed by atoms with Crippen LogP contribution in [-0.2, 0) is 0 Å². The maximum atomic E-state index is 11.6. The number of nitrogens with one attached hydrogen (secondary N) is 1. The van der Waals surface area contributed by atoms with Gasteiger partial charge in [-0.25, -0.2) is 19.6 Å². The summed E-state index contributed by atoms with van der Waals surface area (Å²) in [5.74, 6) is -1.13. The van der Waals surface area contributed by atoms with Gasteiger partial charge in [0, 0.05) is 12.4 Å². The number of carbonyl (C=O) groups is 2. The first-order valence-corrected chi connectivity index (χ1v) is 5.25. The number of amides is 1. The number of benzene rings is 1. The Hall–Kier alpha value is -2.96. The van der Waals surface area contributed by atoms with Gasteiger partial charge in [0.2, 0.25) is 0 Å². The van der Waals surface area contributed by atoms with Gasteiger partial charge in [-0.3, -0.25) is 5.32 Å². The molecule has 0 saturated carbocycles. The van der Waals surface area contributed by atoms with Gasteiger partial charge in [0.15, 0.2) is 11.5 Å². The van der Waals surface area contributed by atoms with Crippen LogP contribution in [0.5, 0.6) is 5.75 Å². The minimum absolute atomic E-state index is 0.170. The third-order valence-electron chi connectivity index (χ3n) is 2.08. The molecule has 0 fully saturated rings. The van der Waals surface area contributed by atoms with Gasteiger partial charge in [0.25, 0.3) is 0 Å². The van der Waals surface area contributed by atoms with Crippen LogP contribution < -0.4 is 10.1 Å². The Balaban J connectivity index is 2.09. The van der Waals surface area contributed by atoms with E-state index in [9.17, 15) is 9.59 Å². The Morgan fingerprint density at radius 3 is 2.47 bits per heavy atom. The predicted octanol–water partition coefficient (Wildman–Crippen LogP) is 1.79. The second-order valence-electron chi connectivity index (χ2n) is 3.39. The zero-order chi connectivity index (χ0) is 13.7. The number of para-hydroxylation sites is 1. The van der Waals surface area contributed by atoms with Gasteiger partial charge in [-0.2, -0.15) is 0 Å².